The monoisotopic (exact) mass is 316 g/mol. The first kappa shape index (κ1) is 17.0. The van der Waals surface area contributed by atoms with E-state index in [1.54, 1.807) is 25.1 Å². The van der Waals surface area contributed by atoms with Crippen molar-refractivity contribution in [3.8, 4) is 0 Å². The van der Waals surface area contributed by atoms with Gasteiger partial charge in [0, 0.05) is 17.6 Å². The maximum absolute atomic E-state index is 13.1. The van der Waals surface area contributed by atoms with Crippen molar-refractivity contribution in [2.75, 3.05) is 13.2 Å². The van der Waals surface area contributed by atoms with Gasteiger partial charge in [0.25, 0.3) is 0 Å². The fraction of sp³-hybridized carbons (Fsp3) is 0.316. The number of carbonyl (C=O) groups is 1. The minimum atomic E-state index is -0.359. The van der Waals surface area contributed by atoms with E-state index in [2.05, 4.69) is 6.58 Å². The van der Waals surface area contributed by atoms with Crippen molar-refractivity contribution in [1.29, 1.82) is 0 Å². The Labute approximate surface area is 136 Å². The maximum Gasteiger partial charge on any atom is 0.330 e. The molecular formula is C19H21FO3. The Bertz CT molecular complexity index is 641. The SMILES string of the molecule is C=C(C)C1COC(c2ccc(F)cc2)=C1C/C=C/C(=O)OCC. The van der Waals surface area contributed by atoms with Crippen molar-refractivity contribution in [1.82, 2.24) is 0 Å². The van der Waals surface area contributed by atoms with Gasteiger partial charge in [0.15, 0.2) is 0 Å². The van der Waals surface area contributed by atoms with Gasteiger partial charge in [-0.3, -0.25) is 0 Å². The van der Waals surface area contributed by atoms with Crippen LogP contribution in [-0.2, 0) is 14.3 Å². The third kappa shape index (κ3) is 4.31. The molecule has 2 rings (SSSR count). The maximum atomic E-state index is 13.1. The molecule has 0 bridgehead atoms. The Balaban J connectivity index is 2.26. The standard InChI is InChI=1S/C19H21FO3/c1-4-22-18(21)7-5-6-16-17(13(2)3)12-23-19(16)14-8-10-15(20)11-9-14/h5,7-11,17H,2,4,6,12H2,1,3H3/b7-5+. The molecule has 0 aromatic heterocycles. The first-order valence-electron chi connectivity index (χ1n) is 7.63. The lowest BCUT2D eigenvalue weighted by Gasteiger charge is -2.11. The zero-order valence-corrected chi connectivity index (χ0v) is 13.5. The van der Waals surface area contributed by atoms with E-state index in [1.165, 1.54) is 18.2 Å². The van der Waals surface area contributed by atoms with Crippen LogP contribution in [0.2, 0.25) is 0 Å². The molecule has 0 saturated heterocycles. The molecule has 1 unspecified atom stereocenters. The van der Waals surface area contributed by atoms with Gasteiger partial charge in [-0.2, -0.15) is 0 Å². The Hall–Kier alpha value is -2.36. The van der Waals surface area contributed by atoms with E-state index in [0.29, 0.717) is 19.6 Å². The van der Waals surface area contributed by atoms with Crippen LogP contribution in [0.15, 0.2) is 54.1 Å². The smallest absolute Gasteiger partial charge is 0.330 e. The highest BCUT2D eigenvalue weighted by Gasteiger charge is 2.27. The summed E-state index contributed by atoms with van der Waals surface area (Å²) in [5.41, 5.74) is 2.88. The van der Waals surface area contributed by atoms with Crippen LogP contribution >= 0.6 is 0 Å². The first-order chi connectivity index (χ1) is 11.0. The van der Waals surface area contributed by atoms with Crippen molar-refractivity contribution in [2.45, 2.75) is 20.3 Å². The summed E-state index contributed by atoms with van der Waals surface area (Å²) in [5.74, 6) is 0.197. The summed E-state index contributed by atoms with van der Waals surface area (Å²) in [6.07, 6.45) is 3.75. The van der Waals surface area contributed by atoms with Gasteiger partial charge in [0.2, 0.25) is 0 Å². The summed E-state index contributed by atoms with van der Waals surface area (Å²) in [6, 6.07) is 6.21. The van der Waals surface area contributed by atoms with Gasteiger partial charge >= 0.3 is 5.97 Å². The van der Waals surface area contributed by atoms with Crippen molar-refractivity contribution in [3.63, 3.8) is 0 Å². The molecule has 1 atom stereocenters. The van der Waals surface area contributed by atoms with Gasteiger partial charge in [-0.15, -0.1) is 0 Å². The predicted octanol–water partition coefficient (Wildman–Crippen LogP) is 4.27. The van der Waals surface area contributed by atoms with Crippen molar-refractivity contribution < 1.29 is 18.7 Å². The molecule has 4 heteroatoms. The second kappa shape index (κ2) is 7.77. The lowest BCUT2D eigenvalue weighted by molar-refractivity contribution is -0.137. The van der Waals surface area contributed by atoms with Gasteiger partial charge in [-0.05, 0) is 50.1 Å². The fourth-order valence-corrected chi connectivity index (χ4v) is 2.54. The van der Waals surface area contributed by atoms with Crippen LogP contribution in [0, 0.1) is 11.7 Å². The zero-order chi connectivity index (χ0) is 16.8. The van der Waals surface area contributed by atoms with E-state index in [-0.39, 0.29) is 17.7 Å². The average molecular weight is 316 g/mol. The summed E-state index contributed by atoms with van der Waals surface area (Å²) in [6.45, 7) is 8.60. The lowest BCUT2D eigenvalue weighted by Crippen LogP contribution is -2.05. The van der Waals surface area contributed by atoms with Gasteiger partial charge in [0.05, 0.1) is 13.2 Å². The molecule has 1 aliphatic rings. The van der Waals surface area contributed by atoms with Gasteiger partial charge in [0.1, 0.15) is 11.6 Å². The van der Waals surface area contributed by atoms with Crippen LogP contribution in [0.5, 0.6) is 0 Å². The molecule has 0 aliphatic carbocycles. The number of rotatable bonds is 6. The molecule has 0 amide bonds. The van der Waals surface area contributed by atoms with Crippen molar-refractivity contribution >= 4 is 11.7 Å². The van der Waals surface area contributed by atoms with Crippen LogP contribution in [0.1, 0.15) is 25.8 Å². The quantitative estimate of drug-likeness (QED) is 0.447. The molecule has 0 N–H and O–H groups in total. The largest absolute Gasteiger partial charge is 0.492 e. The molecule has 1 aromatic rings. The predicted molar refractivity (Wildman–Crippen MR) is 88.0 cm³/mol. The van der Waals surface area contributed by atoms with Gasteiger partial charge < -0.3 is 9.47 Å². The average Bonchev–Trinajstić information content (AvgIpc) is 2.92. The zero-order valence-electron chi connectivity index (χ0n) is 13.5. The minimum Gasteiger partial charge on any atom is -0.492 e. The van der Waals surface area contributed by atoms with Crippen LogP contribution in [0.25, 0.3) is 5.76 Å². The molecule has 23 heavy (non-hydrogen) atoms. The van der Waals surface area contributed by atoms with E-state index < -0.39 is 0 Å². The fourth-order valence-electron chi connectivity index (χ4n) is 2.54. The van der Waals surface area contributed by atoms with Gasteiger partial charge in [-0.25, -0.2) is 9.18 Å². The molecule has 1 heterocycles. The van der Waals surface area contributed by atoms with Crippen LogP contribution in [0.4, 0.5) is 4.39 Å². The molecule has 0 fully saturated rings. The topological polar surface area (TPSA) is 35.5 Å². The van der Waals surface area contributed by atoms with E-state index in [9.17, 15) is 9.18 Å². The molecule has 0 spiro atoms. The molecule has 122 valence electrons. The number of hydrogen-bond acceptors (Lipinski definition) is 3. The molecule has 0 saturated carbocycles. The number of benzene rings is 1. The summed E-state index contributed by atoms with van der Waals surface area (Å²) in [4.78, 5) is 11.4. The van der Waals surface area contributed by atoms with Crippen LogP contribution in [-0.4, -0.2) is 19.2 Å². The summed E-state index contributed by atoms with van der Waals surface area (Å²) < 4.78 is 23.8. The van der Waals surface area contributed by atoms with E-state index in [1.807, 2.05) is 6.92 Å². The third-order valence-electron chi connectivity index (χ3n) is 3.69. The highest BCUT2D eigenvalue weighted by atomic mass is 19.1. The Morgan fingerprint density at radius 2 is 2.13 bits per heavy atom. The Morgan fingerprint density at radius 1 is 1.43 bits per heavy atom. The van der Waals surface area contributed by atoms with Crippen LogP contribution in [0.3, 0.4) is 0 Å². The van der Waals surface area contributed by atoms with Crippen LogP contribution < -0.4 is 0 Å². The molecule has 0 radical (unpaired) electrons. The summed E-state index contributed by atoms with van der Waals surface area (Å²) >= 11 is 0. The minimum absolute atomic E-state index is 0.0990. The van der Waals surface area contributed by atoms with Gasteiger partial charge in [-0.1, -0.05) is 18.2 Å². The second-order valence-corrected chi connectivity index (χ2v) is 5.43. The number of esters is 1. The molecule has 1 aliphatic heterocycles. The first-order valence-corrected chi connectivity index (χ1v) is 7.63. The molecular weight excluding hydrogens is 295 g/mol. The number of ether oxygens (including phenoxy) is 2. The number of carbonyl (C=O) groups excluding carboxylic acids is 1. The Morgan fingerprint density at radius 3 is 2.74 bits per heavy atom. The number of hydrogen-bond donors (Lipinski definition) is 0. The Kier molecular flexibility index (Phi) is 5.74. The highest BCUT2D eigenvalue weighted by Crippen LogP contribution is 2.37. The highest BCUT2D eigenvalue weighted by molar-refractivity contribution is 5.82. The van der Waals surface area contributed by atoms with Crippen molar-refractivity contribution in [2.24, 2.45) is 5.92 Å². The summed E-state index contributed by atoms with van der Waals surface area (Å²) in [7, 11) is 0. The number of halogens is 1. The van der Waals surface area contributed by atoms with E-state index in [4.69, 9.17) is 9.47 Å². The number of allylic oxidation sites excluding steroid dienone is 1. The normalized spacial score (nSPS) is 17.4. The van der Waals surface area contributed by atoms with E-state index >= 15 is 0 Å². The van der Waals surface area contributed by atoms with E-state index in [0.717, 1.165) is 22.5 Å². The lowest BCUT2D eigenvalue weighted by atomic mass is 9.90. The molecule has 1 aromatic carbocycles. The molecule has 3 nitrogen and oxygen atoms in total. The van der Waals surface area contributed by atoms with Crippen molar-refractivity contribution in [3.05, 3.63) is 65.5 Å². The third-order valence-corrected chi connectivity index (χ3v) is 3.69. The summed E-state index contributed by atoms with van der Waals surface area (Å²) in [5, 5.41) is 0. The second-order valence-electron chi connectivity index (χ2n) is 5.43.